The molecule has 1 amide bonds. The minimum absolute atomic E-state index is 0.130. The Hall–Kier alpha value is -2.00. The topological polar surface area (TPSA) is 93.3 Å². The second kappa shape index (κ2) is 8.74. The van der Waals surface area contributed by atoms with Gasteiger partial charge in [0.2, 0.25) is 5.91 Å². The predicted octanol–water partition coefficient (Wildman–Crippen LogP) is 3.09. The number of thioether (sulfide) groups is 1. The molecule has 24 heavy (non-hydrogen) atoms. The molecule has 2 aromatic rings. The summed E-state index contributed by atoms with van der Waals surface area (Å²) in [6, 6.07) is 5.33. The van der Waals surface area contributed by atoms with Crippen LogP contribution in [0.15, 0.2) is 34.0 Å². The van der Waals surface area contributed by atoms with E-state index in [1.165, 1.54) is 25.1 Å². The first-order valence-electron chi connectivity index (χ1n) is 7.02. The van der Waals surface area contributed by atoms with Gasteiger partial charge in [-0.15, -0.1) is 0 Å². The standard InChI is InChI=1S/C15H16BrN3O4S/c1-3-23-14(21)11-7-17-15(19-11)24-8-13(20)18-10-6-9(16)4-5-12(10)22-2/h4-7H,3,8H2,1-2H3,(H,17,19)(H,18,20). The van der Waals surface area contributed by atoms with E-state index >= 15 is 0 Å². The maximum Gasteiger partial charge on any atom is 0.358 e. The molecule has 0 aliphatic heterocycles. The molecule has 0 atom stereocenters. The van der Waals surface area contributed by atoms with Gasteiger partial charge in [-0.25, -0.2) is 9.78 Å². The van der Waals surface area contributed by atoms with Gasteiger partial charge in [0.05, 0.1) is 25.2 Å². The van der Waals surface area contributed by atoms with Crippen LogP contribution in [0.4, 0.5) is 5.69 Å². The maximum atomic E-state index is 12.1. The van der Waals surface area contributed by atoms with Gasteiger partial charge in [0, 0.05) is 10.7 Å². The lowest BCUT2D eigenvalue weighted by molar-refractivity contribution is -0.113. The van der Waals surface area contributed by atoms with E-state index in [1.807, 2.05) is 6.07 Å². The number of amides is 1. The molecule has 7 nitrogen and oxygen atoms in total. The molecule has 0 bridgehead atoms. The minimum atomic E-state index is -0.496. The number of carbonyl (C=O) groups is 2. The number of benzene rings is 1. The number of rotatable bonds is 7. The van der Waals surface area contributed by atoms with Crippen molar-refractivity contribution in [3.63, 3.8) is 0 Å². The number of imidazole rings is 1. The number of ether oxygens (including phenoxy) is 2. The molecule has 128 valence electrons. The van der Waals surface area contributed by atoms with Gasteiger partial charge < -0.3 is 19.8 Å². The number of methoxy groups -OCH3 is 1. The molecule has 9 heteroatoms. The molecule has 2 N–H and O–H groups in total. The first kappa shape index (κ1) is 18.3. The number of anilines is 1. The van der Waals surface area contributed by atoms with Crippen LogP contribution in [-0.4, -0.2) is 41.3 Å². The fraction of sp³-hybridized carbons (Fsp3) is 0.267. The van der Waals surface area contributed by atoms with E-state index in [0.29, 0.717) is 16.6 Å². The third-order valence-corrected chi connectivity index (χ3v) is 4.20. The van der Waals surface area contributed by atoms with Crippen LogP contribution in [0, 0.1) is 0 Å². The number of hydrogen-bond acceptors (Lipinski definition) is 6. The number of H-pyrrole nitrogens is 1. The Bertz CT molecular complexity index is 735. The lowest BCUT2D eigenvalue weighted by Gasteiger charge is -2.10. The highest BCUT2D eigenvalue weighted by Crippen LogP contribution is 2.28. The lowest BCUT2D eigenvalue weighted by atomic mass is 10.3. The summed E-state index contributed by atoms with van der Waals surface area (Å²) < 4.78 is 10.9. The number of nitrogens with one attached hydrogen (secondary N) is 2. The summed E-state index contributed by atoms with van der Waals surface area (Å²) in [5, 5.41) is 3.24. The molecule has 2 rings (SSSR count). The third kappa shape index (κ3) is 5.00. The van der Waals surface area contributed by atoms with E-state index in [4.69, 9.17) is 9.47 Å². The van der Waals surface area contributed by atoms with Gasteiger partial charge >= 0.3 is 5.97 Å². The zero-order chi connectivity index (χ0) is 17.5. The zero-order valence-electron chi connectivity index (χ0n) is 13.1. The second-order valence-electron chi connectivity index (χ2n) is 4.49. The number of aromatic amines is 1. The number of aromatic nitrogens is 2. The van der Waals surface area contributed by atoms with E-state index in [9.17, 15) is 9.59 Å². The van der Waals surface area contributed by atoms with E-state index in [0.717, 1.165) is 4.47 Å². The van der Waals surface area contributed by atoms with E-state index in [1.54, 1.807) is 19.1 Å². The Morgan fingerprint density at radius 1 is 1.42 bits per heavy atom. The monoisotopic (exact) mass is 413 g/mol. The van der Waals surface area contributed by atoms with Crippen molar-refractivity contribution in [1.29, 1.82) is 0 Å². The summed E-state index contributed by atoms with van der Waals surface area (Å²) in [7, 11) is 1.54. The average Bonchev–Trinajstić information content (AvgIpc) is 3.02. The van der Waals surface area contributed by atoms with Crippen molar-refractivity contribution in [1.82, 2.24) is 9.97 Å². The largest absolute Gasteiger partial charge is 0.495 e. The van der Waals surface area contributed by atoms with E-state index in [-0.39, 0.29) is 24.0 Å². The van der Waals surface area contributed by atoms with Crippen LogP contribution in [0.25, 0.3) is 0 Å². The summed E-state index contributed by atoms with van der Waals surface area (Å²) in [4.78, 5) is 30.5. The van der Waals surface area contributed by atoms with Gasteiger partial charge in [-0.3, -0.25) is 4.79 Å². The molecule has 1 aromatic heterocycles. The Balaban J connectivity index is 1.92. The van der Waals surface area contributed by atoms with Crippen LogP contribution in [0.2, 0.25) is 0 Å². The molecule has 0 radical (unpaired) electrons. The smallest absolute Gasteiger partial charge is 0.358 e. The maximum absolute atomic E-state index is 12.1. The second-order valence-corrected chi connectivity index (χ2v) is 6.37. The van der Waals surface area contributed by atoms with Crippen molar-refractivity contribution in [2.45, 2.75) is 12.1 Å². The van der Waals surface area contributed by atoms with Gasteiger partial charge in [-0.2, -0.15) is 0 Å². The van der Waals surface area contributed by atoms with Crippen molar-refractivity contribution < 1.29 is 19.1 Å². The Labute approximate surface area is 151 Å². The molecule has 0 saturated carbocycles. The molecule has 0 unspecified atom stereocenters. The molecule has 0 aliphatic rings. The fourth-order valence-corrected chi connectivity index (χ4v) is 2.79. The average molecular weight is 414 g/mol. The summed E-state index contributed by atoms with van der Waals surface area (Å²) in [5.41, 5.74) is 0.762. The number of hydrogen-bond donors (Lipinski definition) is 2. The SMILES string of the molecule is CCOC(=O)c1c[nH]c(SCC(=O)Nc2cc(Br)ccc2OC)n1. The third-order valence-electron chi connectivity index (χ3n) is 2.81. The Morgan fingerprint density at radius 3 is 2.92 bits per heavy atom. The number of esters is 1. The Kier molecular flexibility index (Phi) is 6.68. The molecule has 0 fully saturated rings. The van der Waals surface area contributed by atoms with E-state index in [2.05, 4.69) is 31.2 Å². The summed E-state index contributed by atoms with van der Waals surface area (Å²) in [6.45, 7) is 2.01. The van der Waals surface area contributed by atoms with Crippen LogP contribution in [-0.2, 0) is 9.53 Å². The number of carbonyl (C=O) groups excluding carboxylic acids is 2. The molecule has 0 spiro atoms. The van der Waals surface area contributed by atoms with Crippen molar-refractivity contribution >= 4 is 45.3 Å². The van der Waals surface area contributed by atoms with Crippen molar-refractivity contribution in [2.24, 2.45) is 0 Å². The first-order chi connectivity index (χ1) is 11.5. The van der Waals surface area contributed by atoms with Gasteiger partial charge in [0.1, 0.15) is 5.75 Å². The van der Waals surface area contributed by atoms with Gasteiger partial charge in [-0.05, 0) is 25.1 Å². The quantitative estimate of drug-likeness (QED) is 0.534. The minimum Gasteiger partial charge on any atom is -0.495 e. The van der Waals surface area contributed by atoms with Crippen LogP contribution in [0.1, 0.15) is 17.4 Å². The van der Waals surface area contributed by atoms with Crippen LogP contribution in [0.3, 0.4) is 0 Å². The highest BCUT2D eigenvalue weighted by atomic mass is 79.9. The normalized spacial score (nSPS) is 10.3. The molecular weight excluding hydrogens is 398 g/mol. The molecule has 0 aliphatic carbocycles. The Morgan fingerprint density at radius 2 is 2.21 bits per heavy atom. The summed E-state index contributed by atoms with van der Waals surface area (Å²) >= 11 is 4.53. The highest BCUT2D eigenvalue weighted by Gasteiger charge is 2.13. The van der Waals surface area contributed by atoms with Crippen molar-refractivity contribution in [3.05, 3.63) is 34.6 Å². The van der Waals surface area contributed by atoms with Crippen molar-refractivity contribution in [2.75, 3.05) is 24.8 Å². The van der Waals surface area contributed by atoms with Gasteiger partial charge in [-0.1, -0.05) is 27.7 Å². The molecule has 1 aromatic carbocycles. The molecule has 1 heterocycles. The first-order valence-corrected chi connectivity index (χ1v) is 8.80. The number of nitrogens with zero attached hydrogens (tertiary/aromatic N) is 1. The summed E-state index contributed by atoms with van der Waals surface area (Å²) in [5.74, 6) is -0.0145. The fourth-order valence-electron chi connectivity index (χ4n) is 1.79. The molecular formula is C15H16BrN3O4S. The highest BCUT2D eigenvalue weighted by molar-refractivity contribution is 9.10. The number of halogens is 1. The van der Waals surface area contributed by atoms with Crippen LogP contribution in [0.5, 0.6) is 5.75 Å². The van der Waals surface area contributed by atoms with E-state index < -0.39 is 5.97 Å². The predicted molar refractivity (Wildman–Crippen MR) is 94.6 cm³/mol. The molecule has 0 saturated heterocycles. The van der Waals surface area contributed by atoms with Gasteiger partial charge in [0.25, 0.3) is 0 Å². The zero-order valence-corrected chi connectivity index (χ0v) is 15.5. The summed E-state index contributed by atoms with van der Waals surface area (Å²) in [6.07, 6.45) is 1.45. The van der Waals surface area contributed by atoms with Gasteiger partial charge in [0.15, 0.2) is 10.9 Å². The van der Waals surface area contributed by atoms with Crippen molar-refractivity contribution in [3.8, 4) is 5.75 Å². The van der Waals surface area contributed by atoms with Crippen LogP contribution >= 0.6 is 27.7 Å². The van der Waals surface area contributed by atoms with Crippen LogP contribution < -0.4 is 10.1 Å². The lowest BCUT2D eigenvalue weighted by Crippen LogP contribution is -2.14.